The first kappa shape index (κ1) is 16.7. The molecule has 2 rings (SSSR count). The molecule has 0 saturated heterocycles. The lowest BCUT2D eigenvalue weighted by Gasteiger charge is -2.25. The van der Waals surface area contributed by atoms with E-state index in [0.717, 1.165) is 17.0 Å². The third-order valence-corrected chi connectivity index (χ3v) is 3.49. The number of nitrogens with zero attached hydrogens (tertiary/aromatic N) is 2. The summed E-state index contributed by atoms with van der Waals surface area (Å²) in [6.45, 7) is 3.32. The van der Waals surface area contributed by atoms with Crippen molar-refractivity contribution in [2.75, 3.05) is 31.3 Å². The second-order valence-corrected chi connectivity index (χ2v) is 5.55. The molecule has 23 heavy (non-hydrogen) atoms. The lowest BCUT2D eigenvalue weighted by molar-refractivity contribution is 0.188. The van der Waals surface area contributed by atoms with Gasteiger partial charge in [0.25, 0.3) is 0 Å². The number of rotatable bonds is 6. The third kappa shape index (κ3) is 4.42. The SMILES string of the molecule is CCNC(=O)N(Cc1ccco1)Cc1cc(N)ccc1N(C)C. The van der Waals surface area contributed by atoms with Crippen LogP contribution in [0.1, 0.15) is 18.2 Å². The summed E-state index contributed by atoms with van der Waals surface area (Å²) in [5.41, 5.74) is 8.63. The summed E-state index contributed by atoms with van der Waals surface area (Å²) in [4.78, 5) is 16.1. The van der Waals surface area contributed by atoms with E-state index in [-0.39, 0.29) is 6.03 Å². The maximum Gasteiger partial charge on any atom is 0.318 e. The number of nitrogens with one attached hydrogen (secondary N) is 1. The Morgan fingerprint density at radius 3 is 2.65 bits per heavy atom. The number of carbonyl (C=O) groups is 1. The second-order valence-electron chi connectivity index (χ2n) is 5.55. The van der Waals surface area contributed by atoms with E-state index in [1.807, 2.05) is 56.3 Å². The van der Waals surface area contributed by atoms with E-state index in [2.05, 4.69) is 5.32 Å². The van der Waals surface area contributed by atoms with Crippen molar-refractivity contribution in [3.8, 4) is 0 Å². The highest BCUT2D eigenvalue weighted by molar-refractivity contribution is 5.74. The summed E-state index contributed by atoms with van der Waals surface area (Å²) in [6, 6.07) is 9.28. The van der Waals surface area contributed by atoms with Crippen LogP contribution >= 0.6 is 0 Å². The molecular weight excluding hydrogens is 292 g/mol. The Morgan fingerprint density at radius 1 is 1.26 bits per heavy atom. The van der Waals surface area contributed by atoms with Crippen LogP contribution in [0.15, 0.2) is 41.0 Å². The highest BCUT2D eigenvalue weighted by atomic mass is 16.3. The zero-order valence-electron chi connectivity index (χ0n) is 13.9. The molecule has 0 radical (unpaired) electrons. The van der Waals surface area contributed by atoms with Crippen LogP contribution in [0.25, 0.3) is 0 Å². The molecule has 1 heterocycles. The first-order valence-electron chi connectivity index (χ1n) is 7.62. The number of nitrogen functional groups attached to an aromatic ring is 1. The molecule has 0 spiro atoms. The van der Waals surface area contributed by atoms with Crippen molar-refractivity contribution >= 4 is 17.4 Å². The Labute approximate surface area is 136 Å². The minimum atomic E-state index is -0.129. The van der Waals surface area contributed by atoms with Gasteiger partial charge in [-0.2, -0.15) is 0 Å². The van der Waals surface area contributed by atoms with Gasteiger partial charge in [-0.25, -0.2) is 4.79 Å². The van der Waals surface area contributed by atoms with E-state index in [1.165, 1.54) is 0 Å². The van der Waals surface area contributed by atoms with E-state index >= 15 is 0 Å². The third-order valence-electron chi connectivity index (χ3n) is 3.49. The van der Waals surface area contributed by atoms with Gasteiger partial charge in [0.1, 0.15) is 5.76 Å². The van der Waals surface area contributed by atoms with Crippen molar-refractivity contribution in [2.45, 2.75) is 20.0 Å². The van der Waals surface area contributed by atoms with E-state index in [0.29, 0.717) is 25.3 Å². The van der Waals surface area contributed by atoms with Crippen LogP contribution < -0.4 is 16.0 Å². The Kier molecular flexibility index (Phi) is 5.51. The van der Waals surface area contributed by atoms with Crippen molar-refractivity contribution in [3.63, 3.8) is 0 Å². The molecule has 0 aliphatic rings. The number of carbonyl (C=O) groups excluding carboxylic acids is 1. The Morgan fingerprint density at radius 2 is 2.04 bits per heavy atom. The molecule has 0 unspecified atom stereocenters. The fourth-order valence-corrected chi connectivity index (χ4v) is 2.43. The van der Waals surface area contributed by atoms with Crippen LogP contribution in [0.2, 0.25) is 0 Å². The van der Waals surface area contributed by atoms with E-state index in [1.54, 1.807) is 11.2 Å². The van der Waals surface area contributed by atoms with E-state index in [9.17, 15) is 4.79 Å². The molecule has 0 atom stereocenters. The van der Waals surface area contributed by atoms with Gasteiger partial charge in [0, 0.05) is 32.0 Å². The van der Waals surface area contributed by atoms with Crippen LogP contribution in [0.5, 0.6) is 0 Å². The van der Waals surface area contributed by atoms with Crippen LogP contribution in [-0.2, 0) is 13.1 Å². The summed E-state index contributed by atoms with van der Waals surface area (Å²) in [5, 5.41) is 2.84. The average molecular weight is 316 g/mol. The van der Waals surface area contributed by atoms with Crippen molar-refractivity contribution in [3.05, 3.63) is 47.9 Å². The first-order valence-corrected chi connectivity index (χ1v) is 7.62. The second kappa shape index (κ2) is 7.58. The standard InChI is InChI=1S/C17H24N4O2/c1-4-19-17(22)21(12-15-6-5-9-23-15)11-13-10-14(18)7-8-16(13)20(2)3/h5-10H,4,11-12,18H2,1-3H3,(H,19,22). The summed E-state index contributed by atoms with van der Waals surface area (Å²) < 4.78 is 5.37. The number of amides is 2. The van der Waals surface area contributed by atoms with Gasteiger partial charge in [-0.3, -0.25) is 0 Å². The molecule has 6 heteroatoms. The molecule has 0 fully saturated rings. The number of furan rings is 1. The Bertz CT molecular complexity index is 638. The number of benzene rings is 1. The smallest absolute Gasteiger partial charge is 0.318 e. The van der Waals surface area contributed by atoms with Gasteiger partial charge >= 0.3 is 6.03 Å². The predicted molar refractivity (Wildman–Crippen MR) is 92.2 cm³/mol. The van der Waals surface area contributed by atoms with Gasteiger partial charge in [-0.15, -0.1) is 0 Å². The summed E-state index contributed by atoms with van der Waals surface area (Å²) in [6.07, 6.45) is 1.61. The molecule has 0 bridgehead atoms. The Hall–Kier alpha value is -2.63. The summed E-state index contributed by atoms with van der Waals surface area (Å²) in [5.74, 6) is 0.742. The normalized spacial score (nSPS) is 10.4. The predicted octanol–water partition coefficient (Wildman–Crippen LogP) is 2.66. The van der Waals surface area contributed by atoms with Crippen LogP contribution in [-0.4, -0.2) is 31.6 Å². The zero-order chi connectivity index (χ0) is 16.8. The quantitative estimate of drug-likeness (QED) is 0.804. The number of urea groups is 1. The highest BCUT2D eigenvalue weighted by Crippen LogP contribution is 2.24. The minimum Gasteiger partial charge on any atom is -0.467 e. The van der Waals surface area contributed by atoms with Crippen molar-refractivity contribution in [2.24, 2.45) is 0 Å². The number of anilines is 2. The fraction of sp³-hybridized carbons (Fsp3) is 0.353. The van der Waals surface area contributed by atoms with Gasteiger partial charge in [0.05, 0.1) is 19.4 Å². The number of hydrogen-bond donors (Lipinski definition) is 2. The fourth-order valence-electron chi connectivity index (χ4n) is 2.43. The molecule has 1 aromatic heterocycles. The van der Waals surface area contributed by atoms with E-state index in [4.69, 9.17) is 10.2 Å². The molecule has 2 aromatic rings. The molecule has 0 saturated carbocycles. The number of nitrogens with two attached hydrogens (primary N) is 1. The Balaban J connectivity index is 2.26. The molecule has 3 N–H and O–H groups in total. The molecule has 1 aromatic carbocycles. The average Bonchev–Trinajstić information content (AvgIpc) is 2.99. The first-order chi connectivity index (χ1) is 11.0. The maximum absolute atomic E-state index is 12.4. The van der Waals surface area contributed by atoms with Gasteiger partial charge in [-0.1, -0.05) is 0 Å². The van der Waals surface area contributed by atoms with Crippen LogP contribution in [0, 0.1) is 0 Å². The van der Waals surface area contributed by atoms with Crippen LogP contribution in [0.4, 0.5) is 16.2 Å². The molecule has 6 nitrogen and oxygen atoms in total. The maximum atomic E-state index is 12.4. The van der Waals surface area contributed by atoms with Crippen molar-refractivity contribution < 1.29 is 9.21 Å². The largest absolute Gasteiger partial charge is 0.467 e. The van der Waals surface area contributed by atoms with E-state index < -0.39 is 0 Å². The lowest BCUT2D eigenvalue weighted by Crippen LogP contribution is -2.39. The molecular formula is C17H24N4O2. The zero-order valence-corrected chi connectivity index (χ0v) is 13.9. The molecule has 0 aliphatic heterocycles. The minimum absolute atomic E-state index is 0.129. The van der Waals surface area contributed by atoms with Gasteiger partial charge < -0.3 is 25.3 Å². The monoisotopic (exact) mass is 316 g/mol. The molecule has 2 amide bonds. The number of hydrogen-bond acceptors (Lipinski definition) is 4. The molecule has 124 valence electrons. The lowest BCUT2D eigenvalue weighted by atomic mass is 10.1. The van der Waals surface area contributed by atoms with Gasteiger partial charge in [-0.05, 0) is 42.8 Å². The van der Waals surface area contributed by atoms with Crippen LogP contribution in [0.3, 0.4) is 0 Å². The van der Waals surface area contributed by atoms with Crippen molar-refractivity contribution in [1.29, 1.82) is 0 Å². The summed E-state index contributed by atoms with van der Waals surface area (Å²) in [7, 11) is 3.94. The topological polar surface area (TPSA) is 74.7 Å². The van der Waals surface area contributed by atoms with Gasteiger partial charge in [0.15, 0.2) is 0 Å². The van der Waals surface area contributed by atoms with Crippen molar-refractivity contribution in [1.82, 2.24) is 10.2 Å². The summed E-state index contributed by atoms with van der Waals surface area (Å²) >= 11 is 0. The molecule has 0 aliphatic carbocycles. The van der Waals surface area contributed by atoms with Gasteiger partial charge in [0.2, 0.25) is 0 Å². The highest BCUT2D eigenvalue weighted by Gasteiger charge is 2.17.